The van der Waals surface area contributed by atoms with Crippen LogP contribution in [0.4, 0.5) is 5.82 Å². The van der Waals surface area contributed by atoms with Crippen LogP contribution in [0.5, 0.6) is 6.01 Å². The topological polar surface area (TPSA) is 95.0 Å². The lowest BCUT2D eigenvalue weighted by Crippen LogP contribution is -2.30. The second-order valence-electron chi connectivity index (χ2n) is 8.99. The summed E-state index contributed by atoms with van der Waals surface area (Å²) < 4.78 is 7.78. The molecule has 0 radical (unpaired) electrons. The molecule has 0 aromatic carbocycles. The molecule has 8 nitrogen and oxygen atoms in total. The zero-order chi connectivity index (χ0) is 21.0. The molecule has 4 heterocycles. The average molecular weight is 422 g/mol. The minimum atomic E-state index is 0.290. The quantitative estimate of drug-likeness (QED) is 0.625. The van der Waals surface area contributed by atoms with Crippen LogP contribution in [-0.4, -0.2) is 49.3 Å². The van der Waals surface area contributed by atoms with Crippen molar-refractivity contribution < 1.29 is 4.74 Å². The fourth-order valence-electron chi connectivity index (χ4n) is 4.95. The number of hydrogen-bond acceptors (Lipinski definition) is 7. The molecule has 0 atom stereocenters. The maximum absolute atomic E-state index is 6.17. The van der Waals surface area contributed by atoms with E-state index in [-0.39, 0.29) is 6.01 Å². The molecule has 0 spiro atoms. The highest BCUT2D eigenvalue weighted by Crippen LogP contribution is 2.32. The van der Waals surface area contributed by atoms with Crippen LogP contribution in [0.2, 0.25) is 0 Å². The van der Waals surface area contributed by atoms with Crippen molar-refractivity contribution in [3.63, 3.8) is 0 Å². The molecule has 2 aliphatic rings. The van der Waals surface area contributed by atoms with Crippen molar-refractivity contribution in [2.45, 2.75) is 51.7 Å². The molecule has 3 aromatic rings. The van der Waals surface area contributed by atoms with Crippen LogP contribution in [0.3, 0.4) is 0 Å². The Balaban J connectivity index is 1.22. The van der Waals surface area contributed by atoms with Gasteiger partial charge in [-0.3, -0.25) is 4.98 Å². The predicted molar refractivity (Wildman–Crippen MR) is 119 cm³/mol. The number of likely N-dealkylation sites (tertiary alicyclic amines) is 1. The minimum absolute atomic E-state index is 0.290. The molecule has 2 fully saturated rings. The van der Waals surface area contributed by atoms with E-state index in [1.807, 2.05) is 16.8 Å². The highest BCUT2D eigenvalue weighted by atomic mass is 16.5. The summed E-state index contributed by atoms with van der Waals surface area (Å²) in [7, 11) is 0. The van der Waals surface area contributed by atoms with Gasteiger partial charge in [-0.05, 0) is 81.1 Å². The summed E-state index contributed by atoms with van der Waals surface area (Å²) in [6.45, 7) is 5.14. The molecular weight excluding hydrogens is 390 g/mol. The Labute approximate surface area is 182 Å². The number of hydrogen-bond donors (Lipinski definition) is 1. The van der Waals surface area contributed by atoms with Crippen molar-refractivity contribution in [3.8, 4) is 6.01 Å². The van der Waals surface area contributed by atoms with E-state index in [1.165, 1.54) is 58.2 Å². The molecule has 1 aliphatic heterocycles. The number of ether oxygens (including phenoxy) is 1. The van der Waals surface area contributed by atoms with Crippen LogP contribution in [-0.2, 0) is 13.2 Å². The molecule has 1 aliphatic carbocycles. The summed E-state index contributed by atoms with van der Waals surface area (Å²) in [5, 5.41) is 5.36. The van der Waals surface area contributed by atoms with Gasteiger partial charge in [-0.2, -0.15) is 15.1 Å². The molecule has 0 unspecified atom stereocenters. The summed E-state index contributed by atoms with van der Waals surface area (Å²) in [6, 6.07) is 4.11. The standard InChI is InChI=1S/C23H31N7O/c24-21-20-13-26-30(15-18-5-3-17(4-6-18)14-29-11-1-2-12-29)22(20)28-23(27-21)31-16-19-7-9-25-10-8-19/h7-10,13,17-18H,1-6,11-12,14-16H2,(H2,24,27,28). The van der Waals surface area contributed by atoms with Crippen LogP contribution >= 0.6 is 0 Å². The molecule has 31 heavy (non-hydrogen) atoms. The van der Waals surface area contributed by atoms with Gasteiger partial charge in [0.2, 0.25) is 0 Å². The monoisotopic (exact) mass is 421 g/mol. The van der Waals surface area contributed by atoms with Gasteiger partial charge in [0.25, 0.3) is 0 Å². The molecule has 2 N–H and O–H groups in total. The van der Waals surface area contributed by atoms with Gasteiger partial charge in [0.05, 0.1) is 11.6 Å². The predicted octanol–water partition coefficient (Wildman–Crippen LogP) is 3.28. The number of aromatic nitrogens is 5. The summed E-state index contributed by atoms with van der Waals surface area (Å²) in [5.41, 5.74) is 7.94. The van der Waals surface area contributed by atoms with E-state index >= 15 is 0 Å². The van der Waals surface area contributed by atoms with Crippen LogP contribution in [0.1, 0.15) is 44.1 Å². The molecule has 5 rings (SSSR count). The maximum atomic E-state index is 6.17. The number of fused-ring (bicyclic) bond motifs is 1. The third kappa shape index (κ3) is 4.79. The zero-order valence-corrected chi connectivity index (χ0v) is 18.0. The van der Waals surface area contributed by atoms with Gasteiger partial charge in [-0.1, -0.05) is 0 Å². The first-order chi connectivity index (χ1) is 15.2. The van der Waals surface area contributed by atoms with E-state index in [1.54, 1.807) is 18.6 Å². The van der Waals surface area contributed by atoms with E-state index in [9.17, 15) is 0 Å². The number of nitrogens with two attached hydrogens (primary N) is 1. The molecule has 1 saturated heterocycles. The van der Waals surface area contributed by atoms with Crippen molar-refractivity contribution >= 4 is 16.9 Å². The number of anilines is 1. The van der Waals surface area contributed by atoms with E-state index < -0.39 is 0 Å². The van der Waals surface area contributed by atoms with Gasteiger partial charge in [0.15, 0.2) is 5.65 Å². The van der Waals surface area contributed by atoms with Gasteiger partial charge in [0.1, 0.15) is 12.4 Å². The highest BCUT2D eigenvalue weighted by Gasteiger charge is 2.25. The Morgan fingerprint density at radius 3 is 2.42 bits per heavy atom. The molecule has 164 valence electrons. The maximum Gasteiger partial charge on any atom is 0.320 e. The number of rotatable bonds is 7. The minimum Gasteiger partial charge on any atom is -0.458 e. The SMILES string of the molecule is Nc1nc(OCc2ccncc2)nc2c1cnn2CC1CCC(CN2CCCC2)CC1. The Morgan fingerprint density at radius 2 is 1.68 bits per heavy atom. The average Bonchev–Trinajstić information content (AvgIpc) is 3.45. The third-order valence-electron chi connectivity index (χ3n) is 6.74. The first-order valence-corrected chi connectivity index (χ1v) is 11.5. The van der Waals surface area contributed by atoms with E-state index in [0.29, 0.717) is 18.3 Å². The first kappa shape index (κ1) is 20.2. The van der Waals surface area contributed by atoms with Gasteiger partial charge >= 0.3 is 6.01 Å². The summed E-state index contributed by atoms with van der Waals surface area (Å²) in [6.07, 6.45) is 13.2. The molecular formula is C23H31N7O. The van der Waals surface area contributed by atoms with Gasteiger partial charge in [0, 0.05) is 25.5 Å². The van der Waals surface area contributed by atoms with Crippen molar-refractivity contribution in [1.29, 1.82) is 0 Å². The van der Waals surface area contributed by atoms with Crippen molar-refractivity contribution in [2.75, 3.05) is 25.4 Å². The van der Waals surface area contributed by atoms with Crippen LogP contribution in [0.25, 0.3) is 11.0 Å². The van der Waals surface area contributed by atoms with E-state index in [2.05, 4.69) is 25.0 Å². The lowest BCUT2D eigenvalue weighted by atomic mass is 9.82. The zero-order valence-electron chi connectivity index (χ0n) is 18.0. The van der Waals surface area contributed by atoms with Gasteiger partial charge in [-0.15, -0.1) is 0 Å². The number of nitrogen functional groups attached to an aromatic ring is 1. The van der Waals surface area contributed by atoms with Crippen molar-refractivity contribution in [1.82, 2.24) is 29.6 Å². The Morgan fingerprint density at radius 1 is 0.968 bits per heavy atom. The van der Waals surface area contributed by atoms with Gasteiger partial charge in [-0.25, -0.2) is 4.68 Å². The largest absolute Gasteiger partial charge is 0.458 e. The fraction of sp³-hybridized carbons (Fsp3) is 0.565. The summed E-state index contributed by atoms with van der Waals surface area (Å²) >= 11 is 0. The van der Waals surface area contributed by atoms with Gasteiger partial charge < -0.3 is 15.4 Å². The van der Waals surface area contributed by atoms with Crippen molar-refractivity contribution in [3.05, 3.63) is 36.3 Å². The molecule has 3 aromatic heterocycles. The lowest BCUT2D eigenvalue weighted by molar-refractivity contribution is 0.192. The normalized spacial score (nSPS) is 22.2. The second-order valence-corrected chi connectivity index (χ2v) is 8.99. The second kappa shape index (κ2) is 9.18. The number of nitrogens with zero attached hydrogens (tertiary/aromatic N) is 6. The highest BCUT2D eigenvalue weighted by molar-refractivity contribution is 5.85. The summed E-state index contributed by atoms with van der Waals surface area (Å²) in [5.74, 6) is 1.90. The number of pyridine rings is 1. The van der Waals surface area contributed by atoms with Crippen molar-refractivity contribution in [2.24, 2.45) is 11.8 Å². The Kier molecular flexibility index (Phi) is 5.97. The first-order valence-electron chi connectivity index (χ1n) is 11.5. The molecule has 0 bridgehead atoms. The van der Waals surface area contributed by atoms with Crippen LogP contribution < -0.4 is 10.5 Å². The fourth-order valence-corrected chi connectivity index (χ4v) is 4.95. The Hall–Kier alpha value is -2.74. The van der Waals surface area contributed by atoms with E-state index in [4.69, 9.17) is 10.5 Å². The molecule has 8 heteroatoms. The smallest absolute Gasteiger partial charge is 0.320 e. The third-order valence-corrected chi connectivity index (χ3v) is 6.74. The van der Waals surface area contributed by atoms with Crippen LogP contribution in [0.15, 0.2) is 30.7 Å². The summed E-state index contributed by atoms with van der Waals surface area (Å²) in [4.78, 5) is 15.6. The molecule has 1 saturated carbocycles. The lowest BCUT2D eigenvalue weighted by Gasteiger charge is -2.31. The van der Waals surface area contributed by atoms with E-state index in [0.717, 1.165) is 29.1 Å². The Bertz CT molecular complexity index is 992. The molecule has 0 amide bonds. The van der Waals surface area contributed by atoms with Crippen LogP contribution in [0, 0.1) is 11.8 Å².